The van der Waals surface area contributed by atoms with Crippen molar-refractivity contribution in [3.05, 3.63) is 29.8 Å². The molecule has 1 nitrogen and oxygen atoms in total. The molecule has 1 aliphatic carbocycles. The van der Waals surface area contributed by atoms with Gasteiger partial charge in [-0.1, -0.05) is 25.0 Å². The molecule has 1 atom stereocenters. The summed E-state index contributed by atoms with van der Waals surface area (Å²) < 4.78 is 5.42. The third-order valence-corrected chi connectivity index (χ3v) is 3.93. The van der Waals surface area contributed by atoms with Crippen LogP contribution in [0.5, 0.6) is 5.75 Å². The van der Waals surface area contributed by atoms with Crippen LogP contribution in [-0.2, 0) is 0 Å². The van der Waals surface area contributed by atoms with Crippen LogP contribution < -0.4 is 4.74 Å². The zero-order valence-electron chi connectivity index (χ0n) is 9.79. The van der Waals surface area contributed by atoms with Crippen molar-refractivity contribution in [2.45, 2.75) is 38.0 Å². The lowest BCUT2D eigenvalue weighted by atomic mass is 9.97. The van der Waals surface area contributed by atoms with Crippen LogP contribution >= 0.6 is 11.6 Å². The summed E-state index contributed by atoms with van der Waals surface area (Å²) in [6.07, 6.45) is 5.23. The van der Waals surface area contributed by atoms with Crippen molar-refractivity contribution >= 4 is 11.6 Å². The highest BCUT2D eigenvalue weighted by molar-refractivity contribution is 6.21. The summed E-state index contributed by atoms with van der Waals surface area (Å²) in [7, 11) is 0. The summed E-state index contributed by atoms with van der Waals surface area (Å²) in [6.45, 7) is 2.71. The van der Waals surface area contributed by atoms with E-state index in [1.165, 1.54) is 31.2 Å². The highest BCUT2D eigenvalue weighted by atomic mass is 35.5. The van der Waals surface area contributed by atoms with Gasteiger partial charge in [-0.15, -0.1) is 11.6 Å². The minimum atomic E-state index is 0.179. The lowest BCUT2D eigenvalue weighted by molar-refractivity contribution is 0.340. The van der Waals surface area contributed by atoms with Crippen molar-refractivity contribution in [3.8, 4) is 5.75 Å². The number of rotatable bonds is 4. The predicted molar refractivity (Wildman–Crippen MR) is 68.2 cm³/mol. The first-order valence-electron chi connectivity index (χ1n) is 6.18. The summed E-state index contributed by atoms with van der Waals surface area (Å²) >= 11 is 6.50. The van der Waals surface area contributed by atoms with E-state index >= 15 is 0 Å². The van der Waals surface area contributed by atoms with Crippen LogP contribution in [-0.4, -0.2) is 6.61 Å². The molecule has 1 aromatic carbocycles. The SMILES string of the molecule is CCOc1ccc(C(Cl)C2CCCC2)cc1. The molecule has 0 radical (unpaired) electrons. The van der Waals surface area contributed by atoms with Crippen molar-refractivity contribution in [3.63, 3.8) is 0 Å². The molecule has 1 fully saturated rings. The van der Waals surface area contributed by atoms with Gasteiger partial charge in [0, 0.05) is 0 Å². The van der Waals surface area contributed by atoms with E-state index in [-0.39, 0.29) is 5.38 Å². The van der Waals surface area contributed by atoms with Gasteiger partial charge >= 0.3 is 0 Å². The molecule has 1 unspecified atom stereocenters. The lowest BCUT2D eigenvalue weighted by Crippen LogP contribution is -2.03. The van der Waals surface area contributed by atoms with Gasteiger partial charge in [0.25, 0.3) is 0 Å². The van der Waals surface area contributed by atoms with Crippen LogP contribution in [0.15, 0.2) is 24.3 Å². The van der Waals surface area contributed by atoms with Gasteiger partial charge in [-0.2, -0.15) is 0 Å². The molecule has 0 aromatic heterocycles. The maximum absolute atomic E-state index is 6.50. The molecule has 0 aliphatic heterocycles. The molecular weight excluding hydrogens is 220 g/mol. The van der Waals surface area contributed by atoms with Crippen LogP contribution in [0.2, 0.25) is 0 Å². The van der Waals surface area contributed by atoms with E-state index in [2.05, 4.69) is 12.1 Å². The number of hydrogen-bond donors (Lipinski definition) is 0. The third kappa shape index (κ3) is 2.70. The molecular formula is C14H19ClO. The van der Waals surface area contributed by atoms with E-state index in [1.54, 1.807) is 0 Å². The second-order valence-corrected chi connectivity index (χ2v) is 4.92. The maximum atomic E-state index is 6.50. The molecule has 16 heavy (non-hydrogen) atoms. The van der Waals surface area contributed by atoms with Gasteiger partial charge in [0.1, 0.15) is 5.75 Å². The summed E-state index contributed by atoms with van der Waals surface area (Å²) in [5, 5.41) is 0.179. The molecule has 1 saturated carbocycles. The first kappa shape index (κ1) is 11.8. The number of alkyl halides is 1. The van der Waals surface area contributed by atoms with Crippen molar-refractivity contribution in [2.75, 3.05) is 6.61 Å². The number of benzene rings is 1. The Bertz CT molecular complexity index is 314. The molecule has 0 N–H and O–H groups in total. The first-order valence-corrected chi connectivity index (χ1v) is 6.61. The number of halogens is 1. The third-order valence-electron chi connectivity index (χ3n) is 3.32. The average Bonchev–Trinajstić information content (AvgIpc) is 2.83. The average molecular weight is 239 g/mol. The van der Waals surface area contributed by atoms with E-state index in [1.807, 2.05) is 19.1 Å². The molecule has 2 rings (SSSR count). The lowest BCUT2D eigenvalue weighted by Gasteiger charge is -2.17. The van der Waals surface area contributed by atoms with E-state index in [4.69, 9.17) is 16.3 Å². The minimum Gasteiger partial charge on any atom is -0.494 e. The Labute approximate surface area is 103 Å². The summed E-state index contributed by atoms with van der Waals surface area (Å²) in [5.74, 6) is 1.60. The first-order chi connectivity index (χ1) is 7.81. The topological polar surface area (TPSA) is 9.23 Å². The van der Waals surface area contributed by atoms with Crippen LogP contribution in [0.4, 0.5) is 0 Å². The molecule has 0 amide bonds. The maximum Gasteiger partial charge on any atom is 0.119 e. The summed E-state index contributed by atoms with van der Waals surface area (Å²) in [4.78, 5) is 0. The van der Waals surface area contributed by atoms with Gasteiger partial charge in [-0.05, 0) is 43.4 Å². The van der Waals surface area contributed by atoms with Gasteiger partial charge < -0.3 is 4.74 Å². The molecule has 1 aromatic rings. The molecule has 0 spiro atoms. The summed E-state index contributed by atoms with van der Waals surface area (Å²) in [5.41, 5.74) is 1.23. The highest BCUT2D eigenvalue weighted by Crippen LogP contribution is 2.40. The molecule has 88 valence electrons. The Morgan fingerprint density at radius 2 is 1.88 bits per heavy atom. The molecule has 0 bridgehead atoms. The van der Waals surface area contributed by atoms with Crippen LogP contribution in [0.3, 0.4) is 0 Å². The van der Waals surface area contributed by atoms with Gasteiger partial charge in [-0.3, -0.25) is 0 Å². The second-order valence-electron chi connectivity index (χ2n) is 4.45. The smallest absolute Gasteiger partial charge is 0.119 e. The number of hydrogen-bond acceptors (Lipinski definition) is 1. The second kappa shape index (κ2) is 5.58. The predicted octanol–water partition coefficient (Wildman–Crippen LogP) is 4.56. The van der Waals surface area contributed by atoms with Crippen molar-refractivity contribution in [1.82, 2.24) is 0 Å². The van der Waals surface area contributed by atoms with Crippen molar-refractivity contribution in [2.24, 2.45) is 5.92 Å². The van der Waals surface area contributed by atoms with Gasteiger partial charge in [0.2, 0.25) is 0 Å². The van der Waals surface area contributed by atoms with Gasteiger partial charge in [-0.25, -0.2) is 0 Å². The Morgan fingerprint density at radius 1 is 1.25 bits per heavy atom. The molecule has 2 heteroatoms. The Balaban J connectivity index is 2.02. The van der Waals surface area contributed by atoms with Crippen molar-refractivity contribution < 1.29 is 4.74 Å². The normalized spacial score (nSPS) is 18.6. The van der Waals surface area contributed by atoms with Crippen LogP contribution in [0.1, 0.15) is 43.5 Å². The fraction of sp³-hybridized carbons (Fsp3) is 0.571. The zero-order valence-corrected chi connectivity index (χ0v) is 10.5. The number of ether oxygens (including phenoxy) is 1. The molecule has 0 saturated heterocycles. The largest absolute Gasteiger partial charge is 0.494 e. The fourth-order valence-electron chi connectivity index (χ4n) is 2.44. The Hall–Kier alpha value is -0.690. The van der Waals surface area contributed by atoms with Gasteiger partial charge in [0.15, 0.2) is 0 Å². The van der Waals surface area contributed by atoms with Crippen molar-refractivity contribution in [1.29, 1.82) is 0 Å². The van der Waals surface area contributed by atoms with Gasteiger partial charge in [0.05, 0.1) is 12.0 Å². The molecule has 1 aliphatic rings. The quantitative estimate of drug-likeness (QED) is 0.699. The van der Waals surface area contributed by atoms with Crippen LogP contribution in [0, 0.1) is 5.92 Å². The Morgan fingerprint density at radius 3 is 2.44 bits per heavy atom. The van der Waals surface area contributed by atoms with E-state index in [9.17, 15) is 0 Å². The molecule has 0 heterocycles. The zero-order chi connectivity index (χ0) is 11.4. The minimum absolute atomic E-state index is 0.179. The van der Waals surface area contributed by atoms with E-state index in [0.29, 0.717) is 12.5 Å². The van der Waals surface area contributed by atoms with E-state index in [0.717, 1.165) is 5.75 Å². The highest BCUT2D eigenvalue weighted by Gasteiger charge is 2.24. The van der Waals surface area contributed by atoms with E-state index < -0.39 is 0 Å². The van der Waals surface area contributed by atoms with Crippen LogP contribution in [0.25, 0.3) is 0 Å². The fourth-order valence-corrected chi connectivity index (χ4v) is 2.83. The monoisotopic (exact) mass is 238 g/mol. The Kier molecular flexibility index (Phi) is 4.11. The standard InChI is InChI=1S/C14H19ClO/c1-2-16-13-9-7-12(8-10-13)14(15)11-5-3-4-6-11/h7-11,14H,2-6H2,1H3. The summed E-state index contributed by atoms with van der Waals surface area (Å²) in [6, 6.07) is 8.23.